The molecule has 3 nitrogen and oxygen atoms in total. The van der Waals surface area contributed by atoms with Crippen LogP contribution in [0.4, 0.5) is 0 Å². The summed E-state index contributed by atoms with van der Waals surface area (Å²) in [5.41, 5.74) is 3.70. The highest BCUT2D eigenvalue weighted by molar-refractivity contribution is 5.77. The molecule has 1 N–H and O–H groups in total. The molecule has 0 saturated carbocycles. The van der Waals surface area contributed by atoms with E-state index in [2.05, 4.69) is 48.9 Å². The zero-order valence-corrected chi connectivity index (χ0v) is 11.4. The minimum Gasteiger partial charge on any atom is -0.328 e. The summed E-state index contributed by atoms with van der Waals surface area (Å²) in [7, 11) is 0. The molecule has 2 atom stereocenters. The van der Waals surface area contributed by atoms with Gasteiger partial charge in [0, 0.05) is 19.0 Å². The summed E-state index contributed by atoms with van der Waals surface area (Å²) in [6, 6.07) is 6.58. The minimum absolute atomic E-state index is 0.553. The van der Waals surface area contributed by atoms with Gasteiger partial charge >= 0.3 is 0 Å². The molecule has 0 spiro atoms. The molecule has 0 radical (unpaired) electrons. The Morgan fingerprint density at radius 1 is 1.39 bits per heavy atom. The van der Waals surface area contributed by atoms with Crippen LogP contribution in [0.5, 0.6) is 0 Å². The van der Waals surface area contributed by atoms with Gasteiger partial charge in [0.2, 0.25) is 0 Å². The fourth-order valence-electron chi connectivity index (χ4n) is 3.03. The highest BCUT2D eigenvalue weighted by atomic mass is 15.1. The SMILES string of the molecule is CCn1c([C@@H]2CNC[C@H]2C)nc2cc(C)ccc21. The van der Waals surface area contributed by atoms with Crippen molar-refractivity contribution >= 4 is 11.0 Å². The summed E-state index contributed by atoms with van der Waals surface area (Å²) in [6.45, 7) is 9.81. The van der Waals surface area contributed by atoms with Gasteiger partial charge in [-0.1, -0.05) is 13.0 Å². The highest BCUT2D eigenvalue weighted by Gasteiger charge is 2.29. The first-order chi connectivity index (χ1) is 8.70. The molecule has 2 aromatic rings. The average Bonchev–Trinajstić information content (AvgIpc) is 2.91. The maximum Gasteiger partial charge on any atom is 0.114 e. The van der Waals surface area contributed by atoms with Gasteiger partial charge in [-0.3, -0.25) is 0 Å². The molecule has 0 amide bonds. The van der Waals surface area contributed by atoms with Gasteiger partial charge < -0.3 is 9.88 Å². The summed E-state index contributed by atoms with van der Waals surface area (Å²) in [4.78, 5) is 4.90. The molecule has 1 aliphatic rings. The van der Waals surface area contributed by atoms with Gasteiger partial charge in [0.05, 0.1) is 11.0 Å². The molecular formula is C15H21N3. The Kier molecular flexibility index (Phi) is 2.86. The first kappa shape index (κ1) is 11.7. The zero-order chi connectivity index (χ0) is 12.7. The second-order valence-corrected chi connectivity index (χ2v) is 5.45. The van der Waals surface area contributed by atoms with E-state index in [1.165, 1.54) is 16.9 Å². The van der Waals surface area contributed by atoms with Crippen LogP contribution in [0.25, 0.3) is 11.0 Å². The minimum atomic E-state index is 0.553. The number of nitrogens with zero attached hydrogens (tertiary/aromatic N) is 2. The molecule has 1 fully saturated rings. The summed E-state index contributed by atoms with van der Waals surface area (Å²) in [5.74, 6) is 2.49. The maximum absolute atomic E-state index is 4.90. The van der Waals surface area contributed by atoms with E-state index in [1.54, 1.807) is 0 Å². The Bertz CT molecular complexity index is 570. The highest BCUT2D eigenvalue weighted by Crippen LogP contribution is 2.30. The van der Waals surface area contributed by atoms with Crippen molar-refractivity contribution in [2.75, 3.05) is 13.1 Å². The third-order valence-electron chi connectivity index (χ3n) is 4.10. The van der Waals surface area contributed by atoms with Crippen molar-refractivity contribution in [1.82, 2.24) is 14.9 Å². The summed E-state index contributed by atoms with van der Waals surface area (Å²) in [6.07, 6.45) is 0. The van der Waals surface area contributed by atoms with Crippen molar-refractivity contribution in [3.05, 3.63) is 29.6 Å². The van der Waals surface area contributed by atoms with Gasteiger partial charge in [0.25, 0.3) is 0 Å². The third-order valence-corrected chi connectivity index (χ3v) is 4.10. The van der Waals surface area contributed by atoms with E-state index in [9.17, 15) is 0 Å². The fourth-order valence-corrected chi connectivity index (χ4v) is 3.03. The first-order valence-corrected chi connectivity index (χ1v) is 6.88. The molecule has 0 bridgehead atoms. The molecule has 96 valence electrons. The molecule has 1 aromatic carbocycles. The Labute approximate surface area is 108 Å². The molecule has 1 aliphatic heterocycles. The Morgan fingerprint density at radius 2 is 2.22 bits per heavy atom. The molecule has 0 unspecified atom stereocenters. The second-order valence-electron chi connectivity index (χ2n) is 5.45. The molecule has 1 aromatic heterocycles. The number of aromatic nitrogens is 2. The van der Waals surface area contributed by atoms with E-state index in [4.69, 9.17) is 4.98 Å². The molecule has 18 heavy (non-hydrogen) atoms. The number of fused-ring (bicyclic) bond motifs is 1. The lowest BCUT2D eigenvalue weighted by molar-refractivity contribution is 0.522. The van der Waals surface area contributed by atoms with Crippen molar-refractivity contribution in [2.45, 2.75) is 33.2 Å². The predicted octanol–water partition coefficient (Wildman–Crippen LogP) is 2.69. The van der Waals surface area contributed by atoms with Crippen LogP contribution < -0.4 is 5.32 Å². The van der Waals surface area contributed by atoms with E-state index in [-0.39, 0.29) is 0 Å². The van der Waals surface area contributed by atoms with Gasteiger partial charge in [-0.15, -0.1) is 0 Å². The first-order valence-electron chi connectivity index (χ1n) is 6.88. The number of imidazole rings is 1. The summed E-state index contributed by atoms with van der Waals surface area (Å²) in [5, 5.41) is 3.47. The third kappa shape index (κ3) is 1.74. The van der Waals surface area contributed by atoms with Gasteiger partial charge in [-0.25, -0.2) is 4.98 Å². The molecular weight excluding hydrogens is 222 g/mol. The number of aryl methyl sites for hydroxylation is 2. The lowest BCUT2D eigenvalue weighted by atomic mass is 9.97. The van der Waals surface area contributed by atoms with Crippen LogP contribution in [0.1, 0.15) is 31.2 Å². The fraction of sp³-hybridized carbons (Fsp3) is 0.533. The van der Waals surface area contributed by atoms with Crippen LogP contribution >= 0.6 is 0 Å². The number of hydrogen-bond acceptors (Lipinski definition) is 2. The Balaban J connectivity index is 2.16. The lowest BCUT2D eigenvalue weighted by Gasteiger charge is -2.15. The topological polar surface area (TPSA) is 29.9 Å². The van der Waals surface area contributed by atoms with Gasteiger partial charge in [-0.2, -0.15) is 0 Å². The largest absolute Gasteiger partial charge is 0.328 e. The molecule has 3 rings (SSSR count). The smallest absolute Gasteiger partial charge is 0.114 e. The summed E-state index contributed by atoms with van der Waals surface area (Å²) >= 11 is 0. The van der Waals surface area contributed by atoms with Crippen LogP contribution in [0.2, 0.25) is 0 Å². The van der Waals surface area contributed by atoms with Crippen molar-refractivity contribution in [3.63, 3.8) is 0 Å². The quantitative estimate of drug-likeness (QED) is 0.879. The zero-order valence-electron chi connectivity index (χ0n) is 11.4. The predicted molar refractivity (Wildman–Crippen MR) is 74.9 cm³/mol. The van der Waals surface area contributed by atoms with Crippen LogP contribution in [-0.2, 0) is 6.54 Å². The lowest BCUT2D eigenvalue weighted by Crippen LogP contribution is -2.14. The van der Waals surface area contributed by atoms with Crippen LogP contribution in [-0.4, -0.2) is 22.6 Å². The van der Waals surface area contributed by atoms with Crippen LogP contribution in [0, 0.1) is 12.8 Å². The number of nitrogens with one attached hydrogen (secondary N) is 1. The van der Waals surface area contributed by atoms with E-state index < -0.39 is 0 Å². The van der Waals surface area contributed by atoms with Gasteiger partial charge in [0.15, 0.2) is 0 Å². The van der Waals surface area contributed by atoms with Gasteiger partial charge in [0.1, 0.15) is 5.82 Å². The second kappa shape index (κ2) is 4.39. The van der Waals surface area contributed by atoms with E-state index in [0.717, 1.165) is 25.2 Å². The number of benzene rings is 1. The van der Waals surface area contributed by atoms with Crippen molar-refractivity contribution in [2.24, 2.45) is 5.92 Å². The van der Waals surface area contributed by atoms with Gasteiger partial charge in [-0.05, 0) is 44.0 Å². The van der Waals surface area contributed by atoms with Crippen molar-refractivity contribution in [1.29, 1.82) is 0 Å². The number of hydrogen-bond donors (Lipinski definition) is 1. The number of rotatable bonds is 2. The molecule has 0 aliphatic carbocycles. The van der Waals surface area contributed by atoms with E-state index in [1.807, 2.05) is 0 Å². The normalized spacial score (nSPS) is 23.9. The van der Waals surface area contributed by atoms with E-state index >= 15 is 0 Å². The Morgan fingerprint density at radius 3 is 2.89 bits per heavy atom. The van der Waals surface area contributed by atoms with Crippen LogP contribution in [0.15, 0.2) is 18.2 Å². The standard InChI is InChI=1S/C15H21N3/c1-4-18-14-6-5-10(2)7-13(14)17-15(18)12-9-16-8-11(12)3/h5-7,11-12,16H,4,8-9H2,1-3H3/t11-,12-/m1/s1. The van der Waals surface area contributed by atoms with E-state index in [0.29, 0.717) is 11.8 Å². The van der Waals surface area contributed by atoms with Crippen molar-refractivity contribution < 1.29 is 0 Å². The van der Waals surface area contributed by atoms with Crippen molar-refractivity contribution in [3.8, 4) is 0 Å². The maximum atomic E-state index is 4.90. The average molecular weight is 243 g/mol. The molecule has 3 heteroatoms. The summed E-state index contributed by atoms with van der Waals surface area (Å²) < 4.78 is 2.38. The monoisotopic (exact) mass is 243 g/mol. The Hall–Kier alpha value is -1.35. The molecule has 1 saturated heterocycles. The molecule has 2 heterocycles. The van der Waals surface area contributed by atoms with Crippen LogP contribution in [0.3, 0.4) is 0 Å².